The Balaban J connectivity index is 0.000000187. The molecule has 9 aliphatic rings. The number of rotatable bonds is 48. The summed E-state index contributed by atoms with van der Waals surface area (Å²) in [6, 6.07) is 36.5. The number of hydrogen-bond acceptors (Lipinski definition) is 30. The lowest BCUT2D eigenvalue weighted by molar-refractivity contribution is -0.385. The summed E-state index contributed by atoms with van der Waals surface area (Å²) in [6.45, 7) is 13.9. The molecule has 6 saturated heterocycles. The van der Waals surface area contributed by atoms with Crippen molar-refractivity contribution in [2.24, 2.45) is 35.5 Å². The first kappa shape index (κ1) is 114. The first-order chi connectivity index (χ1) is 72.6. The van der Waals surface area contributed by atoms with Crippen molar-refractivity contribution in [1.82, 2.24) is 14.7 Å². The highest BCUT2D eigenvalue weighted by atomic mass is 16.6. The largest absolute Gasteiger partial charge is 0.504 e. The summed E-state index contributed by atoms with van der Waals surface area (Å²) >= 11 is 0. The molecular weight excluding hydrogens is 1930 g/mol. The number of hydrogen-bond donors (Lipinski definition) is 0. The highest BCUT2D eigenvalue weighted by molar-refractivity contribution is 6.11. The van der Waals surface area contributed by atoms with Crippen LogP contribution in [0, 0.1) is 65.9 Å². The molecule has 9 heterocycles. The molecule has 6 aromatic carbocycles. The van der Waals surface area contributed by atoms with Crippen molar-refractivity contribution in [3.8, 4) is 17.2 Å². The fourth-order valence-electron chi connectivity index (χ4n) is 25.0. The summed E-state index contributed by atoms with van der Waals surface area (Å²) in [5, 5.41) is 34.0. The van der Waals surface area contributed by atoms with Crippen LogP contribution in [0.4, 0.5) is 34.1 Å². The maximum absolute atomic E-state index is 14.6. The normalized spacial score (nSPS) is 23.0. The number of unbranched alkanes of at least 4 members (excludes halogenated alkanes) is 15. The van der Waals surface area contributed by atoms with E-state index in [1.54, 1.807) is 21.3 Å². The molecule has 0 aromatic heterocycles. The van der Waals surface area contributed by atoms with Crippen LogP contribution in [0.1, 0.15) is 242 Å². The molecule has 0 radical (unpaired) electrons. The Morgan fingerprint density at radius 1 is 0.347 bits per heavy atom. The number of ether oxygens (including phenoxy) is 12. The quantitative estimate of drug-likeness (QED) is 0.00651. The Labute approximate surface area is 877 Å². The number of fused-ring (bicyclic) bond motifs is 12. The lowest BCUT2D eigenvalue weighted by Gasteiger charge is -2.45. The molecule has 6 aromatic rings. The van der Waals surface area contributed by atoms with E-state index in [-0.39, 0.29) is 143 Å². The molecule has 36 heteroatoms. The van der Waals surface area contributed by atoms with Crippen LogP contribution >= 0.6 is 0 Å². The number of methoxy groups -OCH3 is 9. The number of anilines is 3. The topological polar surface area (TPSA) is 413 Å². The predicted molar refractivity (Wildman–Crippen MR) is 561 cm³/mol. The Bertz CT molecular complexity index is 5890. The smallest absolute Gasteiger partial charge is 0.345 e. The molecule has 0 N–H and O–H groups in total. The van der Waals surface area contributed by atoms with Crippen molar-refractivity contribution < 1.29 is 115 Å². The van der Waals surface area contributed by atoms with Gasteiger partial charge in [-0.15, -0.1) is 0 Å². The van der Waals surface area contributed by atoms with Gasteiger partial charge in [0.25, 0.3) is 17.1 Å². The summed E-state index contributed by atoms with van der Waals surface area (Å²) in [5.74, 6) is -1.27. The van der Waals surface area contributed by atoms with E-state index in [4.69, 9.17) is 56.8 Å². The molecule has 36 nitrogen and oxygen atoms in total. The van der Waals surface area contributed by atoms with Gasteiger partial charge in [-0.1, -0.05) is 172 Å². The summed E-state index contributed by atoms with van der Waals surface area (Å²) in [7, 11) is 13.1. The van der Waals surface area contributed by atoms with Crippen LogP contribution < -0.4 is 28.9 Å². The number of piperidine rings is 3. The third-order valence-corrected chi connectivity index (χ3v) is 32.5. The van der Waals surface area contributed by atoms with E-state index < -0.39 is 48.9 Å². The molecule has 3 spiro atoms. The minimum atomic E-state index is -0.748. The maximum atomic E-state index is 14.6. The highest BCUT2D eigenvalue weighted by Crippen LogP contribution is 2.60. The average Bonchev–Trinajstić information content (AvgIpc) is 1.55. The van der Waals surface area contributed by atoms with E-state index in [1.807, 2.05) is 57.2 Å². The van der Waals surface area contributed by atoms with Crippen LogP contribution in [0.25, 0.3) is 0 Å². The highest BCUT2D eigenvalue weighted by Gasteiger charge is 2.66. The number of nitro benzene ring substituents is 3. The molecule has 9 aliphatic heterocycles. The monoisotopic (exact) mass is 2070 g/mol. The standard InChI is InChI=1S/C39H51N3O9.C38H49N3O9.C37H47N3O9/c1-5-27-25-40-21-19-39(35(40)24-29(27)31(26-48-2)36(43)50-4)32-15-11-12-16-34(32)41(38(39)45)20-13-9-7-6-8-10-14-22-51-37(44)30-23-28(49-3)17-18-33(30)42(46)47;1-5-26-24-39-20-18-38(34(39)23-28(26)30(25-47-2)35(42)49-4)31-14-10-11-15-33(31)40(37(38)44)19-12-8-6-7-9-13-21-50-36(43)29-22-27(48-3)16-17-32(29)41(45)46;1-5-25-23-38-19-17-37(33(38)22-27(25)29(24-46-2)34(41)48-4)30-13-9-10-14-32(30)39(36(37)43)18-11-7-6-8-12-20-49-35(42)28-21-26(47-3)15-16-31(28)40(44)45/h11-12,15-18,23,26-27,29,35H,5-10,13-14,19-22,24-25H2,1-4H3;10-11,14-17,22,25-26,28,34H,5-9,12-13,18-21,23-24H2,1-4H3;9-10,13-16,21,24-25,27,33H,5-8,11-12,17-20,22-23H2,1-4H3/b31-26+;30-25+;29-24+/t27-,29-,35?,39+;26-,28-,34?,38+;25-,27-,33?,37+/m000/s1. The van der Waals surface area contributed by atoms with Crippen LogP contribution in [0.15, 0.2) is 163 Å². The zero-order chi connectivity index (χ0) is 108. The molecule has 0 aliphatic carbocycles. The summed E-state index contributed by atoms with van der Waals surface area (Å²) in [4.78, 5) is 165. The predicted octanol–water partition coefficient (Wildman–Crippen LogP) is 18.6. The van der Waals surface area contributed by atoms with Gasteiger partial charge in [-0.05, 0) is 185 Å². The van der Waals surface area contributed by atoms with Gasteiger partial charge in [0.2, 0.25) is 17.7 Å². The van der Waals surface area contributed by atoms with E-state index in [2.05, 4.69) is 65.8 Å². The van der Waals surface area contributed by atoms with Crippen molar-refractivity contribution >= 4 is 87.7 Å². The van der Waals surface area contributed by atoms with Crippen molar-refractivity contribution in [3.63, 3.8) is 0 Å². The second-order valence-corrected chi connectivity index (χ2v) is 40.2. The van der Waals surface area contributed by atoms with Crippen LogP contribution in [0.3, 0.4) is 0 Å². The molecule has 3 unspecified atom stereocenters. The zero-order valence-electron chi connectivity index (χ0n) is 88.7. The molecule has 0 saturated carbocycles. The molecular formula is C114H147N9O27. The van der Waals surface area contributed by atoms with Crippen LogP contribution in [-0.2, 0) is 87.6 Å². The minimum absolute atomic E-state index is 0.0150. The molecule has 12 atom stereocenters. The van der Waals surface area contributed by atoms with Crippen molar-refractivity contribution in [2.75, 3.05) is 157 Å². The Morgan fingerprint density at radius 3 is 0.827 bits per heavy atom. The number of para-hydroxylation sites is 3. The third kappa shape index (κ3) is 24.4. The van der Waals surface area contributed by atoms with Crippen molar-refractivity contribution in [3.05, 3.63) is 227 Å². The summed E-state index contributed by atoms with van der Waals surface area (Å²) < 4.78 is 62.7. The summed E-state index contributed by atoms with van der Waals surface area (Å²) in [6.07, 6.45) is 27.4. The maximum Gasteiger partial charge on any atom is 0.345 e. The molecule has 810 valence electrons. The second kappa shape index (κ2) is 53.4. The lowest BCUT2D eigenvalue weighted by Crippen LogP contribution is -2.55. The van der Waals surface area contributed by atoms with E-state index in [1.165, 1.54) is 116 Å². The Morgan fingerprint density at radius 2 is 0.593 bits per heavy atom. The number of amides is 3. The van der Waals surface area contributed by atoms with Gasteiger partial charge in [0.1, 0.15) is 33.9 Å². The lowest BCUT2D eigenvalue weighted by atomic mass is 9.67. The number of benzene rings is 6. The minimum Gasteiger partial charge on any atom is -0.504 e. The van der Waals surface area contributed by atoms with Gasteiger partial charge >= 0.3 is 35.8 Å². The van der Waals surface area contributed by atoms with Gasteiger partial charge in [-0.3, -0.25) is 59.4 Å². The van der Waals surface area contributed by atoms with Crippen LogP contribution in [0.5, 0.6) is 17.2 Å². The van der Waals surface area contributed by atoms with Crippen LogP contribution in [0.2, 0.25) is 0 Å². The molecule has 150 heavy (non-hydrogen) atoms. The van der Waals surface area contributed by atoms with E-state index in [0.29, 0.717) is 92.1 Å². The van der Waals surface area contributed by atoms with Crippen molar-refractivity contribution in [2.45, 2.75) is 229 Å². The number of nitro groups is 3. The first-order valence-electron chi connectivity index (χ1n) is 53.0. The summed E-state index contributed by atoms with van der Waals surface area (Å²) in [5.41, 5.74) is 4.61. The Kier molecular flexibility index (Phi) is 40.5. The van der Waals surface area contributed by atoms with Crippen molar-refractivity contribution in [1.29, 1.82) is 0 Å². The van der Waals surface area contributed by atoms with E-state index in [9.17, 15) is 73.5 Å². The molecule has 6 fully saturated rings. The molecule has 15 rings (SSSR count). The van der Waals surface area contributed by atoms with Crippen LogP contribution in [-0.4, -0.2) is 244 Å². The molecule has 3 amide bonds. The number of nitrogens with zero attached hydrogens (tertiary/aromatic N) is 9. The second-order valence-electron chi connectivity index (χ2n) is 40.2. The number of esters is 6. The van der Waals surface area contributed by atoms with Gasteiger partial charge in [-0.2, -0.15) is 0 Å². The van der Waals surface area contributed by atoms with Gasteiger partial charge in [0.05, 0.1) is 150 Å². The SMILES string of the molecule is CC[C@H]1CN2CC[C@]3(C(=O)N(CCCCCCCCCOC(=O)c4cc(OC)ccc4[N+](=O)[O-])c4ccccc43)C2C[C@@H]1/C(=C\OC)C(=O)OC.CC[C@H]1CN2CC[C@]3(C(=O)N(CCCCCCCCOC(=O)c4cc(OC)ccc4[N+](=O)[O-])c4ccccc43)C2C[C@@H]1/C(=C\OC)C(=O)OC.CC[C@H]1CN2CC[C@]3(C(=O)N(CCCCCCCOC(=O)c4cc(OC)ccc4[N+](=O)[O-])c4ccccc43)C2C[C@@H]1/C(=C\OC)C(=O)OC. The zero-order valence-corrected chi connectivity index (χ0v) is 88.7. The van der Waals surface area contributed by atoms with E-state index >= 15 is 0 Å². The molecule has 0 bridgehead atoms. The fourth-order valence-corrected chi connectivity index (χ4v) is 25.0. The number of carbonyl (C=O) groups is 9. The van der Waals surface area contributed by atoms with Gasteiger partial charge in [-0.25, -0.2) is 28.8 Å². The van der Waals surface area contributed by atoms with Gasteiger partial charge in [0.15, 0.2) is 0 Å². The van der Waals surface area contributed by atoms with Gasteiger partial charge in [0, 0.05) is 111 Å². The third-order valence-electron chi connectivity index (χ3n) is 32.5. The van der Waals surface area contributed by atoms with E-state index in [0.717, 1.165) is 208 Å². The Hall–Kier alpha value is -13.4. The first-order valence-corrected chi connectivity index (χ1v) is 53.0. The average molecular weight is 2080 g/mol. The fraction of sp³-hybridized carbons (Fsp3) is 0.553. The number of carbonyl (C=O) groups excluding carboxylic acids is 9. The van der Waals surface area contributed by atoms with Gasteiger partial charge < -0.3 is 71.5 Å².